The lowest BCUT2D eigenvalue weighted by atomic mass is 10.1. The molecule has 2 aromatic carbocycles. The number of rotatable bonds is 4. The number of nitrogens with zero attached hydrogens (tertiary/aromatic N) is 1. The third kappa shape index (κ3) is 3.98. The molecule has 0 aromatic heterocycles. The van der Waals surface area contributed by atoms with Crippen LogP contribution in [-0.2, 0) is 10.0 Å². The summed E-state index contributed by atoms with van der Waals surface area (Å²) in [5, 5.41) is 3.76. The van der Waals surface area contributed by atoms with Gasteiger partial charge in [-0.15, -0.1) is 0 Å². The van der Waals surface area contributed by atoms with Crippen molar-refractivity contribution in [3.63, 3.8) is 0 Å². The van der Waals surface area contributed by atoms with Crippen molar-refractivity contribution in [2.75, 3.05) is 16.6 Å². The number of hydrogen-bond acceptors (Lipinski definition) is 3. The van der Waals surface area contributed by atoms with Crippen LogP contribution in [0.2, 0.25) is 10.0 Å². The van der Waals surface area contributed by atoms with Crippen LogP contribution in [0.15, 0.2) is 42.5 Å². The van der Waals surface area contributed by atoms with Gasteiger partial charge in [0, 0.05) is 12.1 Å². The number of halogens is 2. The van der Waals surface area contributed by atoms with E-state index in [1.807, 2.05) is 6.92 Å². The summed E-state index contributed by atoms with van der Waals surface area (Å²) in [6.07, 6.45) is 0.590. The predicted octanol–water partition coefficient (Wildman–Crippen LogP) is 4.02. The van der Waals surface area contributed by atoms with Gasteiger partial charge in [-0.25, -0.2) is 8.42 Å². The van der Waals surface area contributed by atoms with Gasteiger partial charge in [0.15, 0.2) is 0 Å². The van der Waals surface area contributed by atoms with Gasteiger partial charge < -0.3 is 5.32 Å². The molecule has 1 saturated heterocycles. The van der Waals surface area contributed by atoms with E-state index < -0.39 is 10.0 Å². The van der Waals surface area contributed by atoms with Crippen molar-refractivity contribution in [3.8, 4) is 0 Å². The minimum atomic E-state index is -3.28. The molecule has 5 nitrogen and oxygen atoms in total. The van der Waals surface area contributed by atoms with Crippen molar-refractivity contribution >= 4 is 44.8 Å². The molecular weight excluding hydrogens is 395 g/mol. The molecule has 1 fully saturated rings. The first-order valence-electron chi connectivity index (χ1n) is 8.14. The second kappa shape index (κ2) is 7.47. The molecule has 0 saturated carbocycles. The molecule has 0 bridgehead atoms. The molecule has 26 heavy (non-hydrogen) atoms. The van der Waals surface area contributed by atoms with Gasteiger partial charge in [-0.2, -0.15) is 0 Å². The Kier molecular flexibility index (Phi) is 5.46. The Morgan fingerprint density at radius 3 is 2.58 bits per heavy atom. The second-order valence-corrected chi connectivity index (χ2v) is 8.99. The van der Waals surface area contributed by atoms with Crippen LogP contribution < -0.4 is 9.62 Å². The molecule has 8 heteroatoms. The van der Waals surface area contributed by atoms with Crippen LogP contribution in [0.4, 0.5) is 5.69 Å². The van der Waals surface area contributed by atoms with Crippen LogP contribution in [0.5, 0.6) is 0 Å². The van der Waals surface area contributed by atoms with Crippen LogP contribution in [0.25, 0.3) is 0 Å². The number of sulfonamides is 1. The zero-order chi connectivity index (χ0) is 18.9. The van der Waals surface area contributed by atoms with Crippen LogP contribution >= 0.6 is 23.2 Å². The molecule has 2 aromatic rings. The van der Waals surface area contributed by atoms with Gasteiger partial charge in [0.05, 0.1) is 27.5 Å². The smallest absolute Gasteiger partial charge is 0.251 e. The summed E-state index contributed by atoms with van der Waals surface area (Å²) < 4.78 is 25.5. The Morgan fingerprint density at radius 2 is 1.92 bits per heavy atom. The highest BCUT2D eigenvalue weighted by Gasteiger charge is 2.28. The van der Waals surface area contributed by atoms with Crippen molar-refractivity contribution in [1.29, 1.82) is 0 Å². The van der Waals surface area contributed by atoms with E-state index in [-0.39, 0.29) is 17.7 Å². The largest absolute Gasteiger partial charge is 0.346 e. The fourth-order valence-corrected chi connectivity index (χ4v) is 4.74. The Hall–Kier alpha value is -1.76. The molecule has 1 aliphatic heterocycles. The van der Waals surface area contributed by atoms with Gasteiger partial charge in [-0.05, 0) is 49.2 Å². The monoisotopic (exact) mass is 412 g/mol. The molecule has 0 aliphatic carbocycles. The minimum absolute atomic E-state index is 0.137. The zero-order valence-corrected chi connectivity index (χ0v) is 16.4. The van der Waals surface area contributed by atoms with Gasteiger partial charge in [-0.1, -0.05) is 35.3 Å². The molecule has 1 aliphatic rings. The standard InChI is InChI=1S/C18H18Cl2N2O3S/c1-12(13-6-7-16(19)17(20)11-13)21-18(23)14-4-2-5-15(10-14)22-8-3-9-26(22,24)25/h2,4-7,10-12H,3,8-9H2,1H3,(H,21,23). The van der Waals surface area contributed by atoms with Crippen LogP contribution in [0.1, 0.15) is 35.3 Å². The summed E-state index contributed by atoms with van der Waals surface area (Å²) in [5.74, 6) is -0.153. The van der Waals surface area contributed by atoms with Crippen molar-refractivity contribution in [2.45, 2.75) is 19.4 Å². The number of anilines is 1. The Morgan fingerprint density at radius 1 is 1.15 bits per heavy atom. The molecule has 1 N–H and O–H groups in total. The molecule has 1 heterocycles. The minimum Gasteiger partial charge on any atom is -0.346 e. The molecule has 0 radical (unpaired) electrons. The maximum Gasteiger partial charge on any atom is 0.251 e. The fraction of sp³-hybridized carbons (Fsp3) is 0.278. The number of carbonyl (C=O) groups excluding carboxylic acids is 1. The average molecular weight is 413 g/mol. The van der Waals surface area contributed by atoms with E-state index in [1.54, 1.807) is 42.5 Å². The quantitative estimate of drug-likeness (QED) is 0.823. The van der Waals surface area contributed by atoms with E-state index in [0.717, 1.165) is 5.56 Å². The molecule has 1 amide bonds. The SMILES string of the molecule is CC(NC(=O)c1cccc(N2CCCS2(=O)=O)c1)c1ccc(Cl)c(Cl)c1. The summed E-state index contributed by atoms with van der Waals surface area (Å²) in [6, 6.07) is 11.5. The number of amides is 1. The van der Waals surface area contributed by atoms with Gasteiger partial charge in [0.2, 0.25) is 10.0 Å². The summed E-state index contributed by atoms with van der Waals surface area (Å²) in [5.41, 5.74) is 1.74. The Bertz CT molecular complexity index is 947. The van der Waals surface area contributed by atoms with Gasteiger partial charge in [0.25, 0.3) is 5.91 Å². The first-order chi connectivity index (χ1) is 12.3. The van der Waals surface area contributed by atoms with Crippen molar-refractivity contribution in [3.05, 3.63) is 63.6 Å². The molecule has 3 rings (SSSR count). The lowest BCUT2D eigenvalue weighted by Gasteiger charge is -2.19. The molecule has 138 valence electrons. The van der Waals surface area contributed by atoms with Crippen molar-refractivity contribution in [2.24, 2.45) is 0 Å². The summed E-state index contributed by atoms with van der Waals surface area (Å²) >= 11 is 11.9. The van der Waals surface area contributed by atoms with Crippen molar-refractivity contribution in [1.82, 2.24) is 5.32 Å². The molecular formula is C18H18Cl2N2O3S. The summed E-state index contributed by atoms with van der Waals surface area (Å²) in [4.78, 5) is 12.6. The highest BCUT2D eigenvalue weighted by atomic mass is 35.5. The predicted molar refractivity (Wildman–Crippen MR) is 105 cm³/mol. The number of carbonyl (C=O) groups is 1. The number of nitrogens with one attached hydrogen (secondary N) is 1. The van der Waals surface area contributed by atoms with Gasteiger partial charge >= 0.3 is 0 Å². The Labute approximate surface area is 163 Å². The maximum absolute atomic E-state index is 12.6. The van der Waals surface area contributed by atoms with E-state index in [4.69, 9.17) is 23.2 Å². The summed E-state index contributed by atoms with van der Waals surface area (Å²) in [7, 11) is -3.28. The fourth-order valence-electron chi connectivity index (χ4n) is 2.88. The molecule has 1 atom stereocenters. The normalized spacial score (nSPS) is 17.1. The third-order valence-electron chi connectivity index (χ3n) is 4.29. The first-order valence-corrected chi connectivity index (χ1v) is 10.5. The first kappa shape index (κ1) is 19.0. The highest BCUT2D eigenvalue weighted by Crippen LogP contribution is 2.27. The zero-order valence-electron chi connectivity index (χ0n) is 14.1. The maximum atomic E-state index is 12.6. The second-order valence-electron chi connectivity index (χ2n) is 6.16. The van der Waals surface area contributed by atoms with Crippen molar-refractivity contribution < 1.29 is 13.2 Å². The van der Waals surface area contributed by atoms with Crippen LogP contribution in [0, 0.1) is 0 Å². The number of benzene rings is 2. The van der Waals surface area contributed by atoms with E-state index in [0.29, 0.717) is 34.3 Å². The van der Waals surface area contributed by atoms with E-state index >= 15 is 0 Å². The molecule has 0 spiro atoms. The number of hydrogen-bond donors (Lipinski definition) is 1. The van der Waals surface area contributed by atoms with Crippen LogP contribution in [0.3, 0.4) is 0 Å². The van der Waals surface area contributed by atoms with E-state index in [2.05, 4.69) is 5.32 Å². The van der Waals surface area contributed by atoms with E-state index in [1.165, 1.54) is 4.31 Å². The molecule has 1 unspecified atom stereocenters. The third-order valence-corrected chi connectivity index (χ3v) is 6.90. The lowest BCUT2D eigenvalue weighted by molar-refractivity contribution is 0.0940. The average Bonchev–Trinajstić information content (AvgIpc) is 2.96. The van der Waals surface area contributed by atoms with Gasteiger partial charge in [0.1, 0.15) is 0 Å². The highest BCUT2D eigenvalue weighted by molar-refractivity contribution is 7.93. The topological polar surface area (TPSA) is 66.5 Å². The van der Waals surface area contributed by atoms with E-state index in [9.17, 15) is 13.2 Å². The van der Waals surface area contributed by atoms with Crippen LogP contribution in [-0.4, -0.2) is 26.6 Å². The Balaban J connectivity index is 1.78. The van der Waals surface area contributed by atoms with Gasteiger partial charge in [-0.3, -0.25) is 9.10 Å². The summed E-state index contributed by atoms with van der Waals surface area (Å²) in [6.45, 7) is 2.28. The lowest BCUT2D eigenvalue weighted by Crippen LogP contribution is -2.28.